The molecule has 0 amide bonds. The van der Waals surface area contributed by atoms with Crippen molar-refractivity contribution in [3.8, 4) is 10.6 Å². The fourth-order valence-corrected chi connectivity index (χ4v) is 4.42. The van der Waals surface area contributed by atoms with Crippen molar-refractivity contribution in [1.29, 1.82) is 0 Å². The number of nitrogens with one attached hydrogen (secondary N) is 1. The molecule has 5 nitrogen and oxygen atoms in total. The van der Waals surface area contributed by atoms with E-state index in [0.29, 0.717) is 12.1 Å². The zero-order chi connectivity index (χ0) is 15.4. The highest BCUT2D eigenvalue weighted by Gasteiger charge is 2.34. The minimum absolute atomic E-state index is 0.573. The van der Waals surface area contributed by atoms with Gasteiger partial charge in [-0.3, -0.25) is 0 Å². The van der Waals surface area contributed by atoms with Gasteiger partial charge in [0.25, 0.3) is 6.01 Å². The van der Waals surface area contributed by atoms with Crippen LogP contribution in [0.15, 0.2) is 28.1 Å². The number of piperazine rings is 1. The first-order valence-corrected chi connectivity index (χ1v) is 8.96. The number of oxazole rings is 1. The number of anilines is 1. The Morgan fingerprint density at radius 1 is 1.26 bits per heavy atom. The highest BCUT2D eigenvalue weighted by molar-refractivity contribution is 7.13. The van der Waals surface area contributed by atoms with Gasteiger partial charge in [0, 0.05) is 36.8 Å². The largest absolute Gasteiger partial charge is 0.423 e. The second kappa shape index (κ2) is 5.04. The second-order valence-corrected chi connectivity index (χ2v) is 7.43. The van der Waals surface area contributed by atoms with E-state index in [1.165, 1.54) is 18.4 Å². The van der Waals surface area contributed by atoms with E-state index in [2.05, 4.69) is 34.3 Å². The van der Waals surface area contributed by atoms with Gasteiger partial charge in [0.1, 0.15) is 10.5 Å². The number of fused-ring (bicyclic) bond motifs is 3. The van der Waals surface area contributed by atoms with Crippen LogP contribution in [0.1, 0.15) is 18.4 Å². The topological polar surface area (TPSA) is 54.2 Å². The molecule has 1 aromatic carbocycles. The van der Waals surface area contributed by atoms with Crippen molar-refractivity contribution in [2.75, 3.05) is 18.0 Å². The zero-order valence-electron chi connectivity index (χ0n) is 13.0. The van der Waals surface area contributed by atoms with Crippen LogP contribution in [-0.2, 0) is 0 Å². The van der Waals surface area contributed by atoms with Crippen LogP contribution in [0.3, 0.4) is 0 Å². The Morgan fingerprint density at radius 2 is 2.09 bits per heavy atom. The van der Waals surface area contributed by atoms with E-state index in [-0.39, 0.29) is 0 Å². The van der Waals surface area contributed by atoms with Gasteiger partial charge >= 0.3 is 0 Å². The van der Waals surface area contributed by atoms with Gasteiger partial charge in [0.2, 0.25) is 0 Å². The predicted molar refractivity (Wildman–Crippen MR) is 92.0 cm³/mol. The molecule has 2 aliphatic heterocycles. The molecule has 2 aromatic heterocycles. The minimum Gasteiger partial charge on any atom is -0.423 e. The van der Waals surface area contributed by atoms with Gasteiger partial charge in [-0.1, -0.05) is 0 Å². The van der Waals surface area contributed by atoms with Crippen LogP contribution in [-0.4, -0.2) is 35.1 Å². The number of benzene rings is 1. The van der Waals surface area contributed by atoms with Crippen LogP contribution < -0.4 is 10.2 Å². The van der Waals surface area contributed by atoms with E-state index in [0.717, 1.165) is 40.8 Å². The summed E-state index contributed by atoms with van der Waals surface area (Å²) < 4.78 is 6.20. The van der Waals surface area contributed by atoms with Crippen LogP contribution in [0, 0.1) is 6.92 Å². The first-order chi connectivity index (χ1) is 11.3. The van der Waals surface area contributed by atoms with Gasteiger partial charge in [-0.05, 0) is 37.5 Å². The van der Waals surface area contributed by atoms with Crippen LogP contribution >= 0.6 is 11.3 Å². The lowest BCUT2D eigenvalue weighted by atomic mass is 10.1. The van der Waals surface area contributed by atoms with Crippen LogP contribution in [0.5, 0.6) is 0 Å². The van der Waals surface area contributed by atoms with E-state index in [9.17, 15) is 0 Å². The molecular formula is C17H18N4OS. The van der Waals surface area contributed by atoms with Gasteiger partial charge < -0.3 is 14.6 Å². The molecule has 4 heterocycles. The Morgan fingerprint density at radius 3 is 2.83 bits per heavy atom. The molecule has 2 atom stereocenters. The molecule has 1 N–H and O–H groups in total. The highest BCUT2D eigenvalue weighted by Crippen LogP contribution is 2.35. The summed E-state index contributed by atoms with van der Waals surface area (Å²) in [5, 5.41) is 6.63. The van der Waals surface area contributed by atoms with Gasteiger partial charge in [-0.2, -0.15) is 4.98 Å². The zero-order valence-corrected chi connectivity index (χ0v) is 13.8. The minimum atomic E-state index is 0.573. The number of hydrogen-bond acceptors (Lipinski definition) is 6. The summed E-state index contributed by atoms with van der Waals surface area (Å²) >= 11 is 1.63. The van der Waals surface area contributed by atoms with Crippen molar-refractivity contribution in [2.45, 2.75) is 31.8 Å². The maximum atomic E-state index is 6.20. The van der Waals surface area contributed by atoms with Crippen molar-refractivity contribution in [1.82, 2.24) is 15.3 Å². The molecule has 0 saturated carbocycles. The summed E-state index contributed by atoms with van der Waals surface area (Å²) in [5.74, 6) is 0. The number of nitrogens with zero attached hydrogens (tertiary/aromatic N) is 3. The maximum absolute atomic E-state index is 6.20. The van der Waals surface area contributed by atoms with Crippen molar-refractivity contribution < 1.29 is 4.42 Å². The van der Waals surface area contributed by atoms with Crippen LogP contribution in [0.4, 0.5) is 6.01 Å². The van der Waals surface area contributed by atoms with Gasteiger partial charge in [0.15, 0.2) is 5.58 Å². The smallest absolute Gasteiger partial charge is 0.298 e. The molecule has 118 valence electrons. The van der Waals surface area contributed by atoms with E-state index in [4.69, 9.17) is 9.40 Å². The summed E-state index contributed by atoms with van der Waals surface area (Å²) in [5.41, 5.74) is 4.01. The molecule has 2 fully saturated rings. The summed E-state index contributed by atoms with van der Waals surface area (Å²) in [7, 11) is 0. The summed E-state index contributed by atoms with van der Waals surface area (Å²) in [6, 6.07) is 6.13. The Hall–Kier alpha value is -1.92. The lowest BCUT2D eigenvalue weighted by molar-refractivity contribution is 0.437. The fourth-order valence-electron chi connectivity index (χ4n) is 3.77. The normalized spacial score (nSPS) is 23.8. The van der Waals surface area contributed by atoms with Crippen molar-refractivity contribution in [3.63, 3.8) is 0 Å². The number of hydrogen-bond donors (Lipinski definition) is 1. The molecular weight excluding hydrogens is 308 g/mol. The first-order valence-electron chi connectivity index (χ1n) is 8.08. The average Bonchev–Trinajstić information content (AvgIpc) is 3.26. The van der Waals surface area contributed by atoms with Gasteiger partial charge in [-0.25, -0.2) is 4.98 Å². The van der Waals surface area contributed by atoms with E-state index in [1.807, 2.05) is 11.6 Å². The van der Waals surface area contributed by atoms with E-state index in [1.54, 1.807) is 11.3 Å². The van der Waals surface area contributed by atoms with Crippen molar-refractivity contribution in [3.05, 3.63) is 29.3 Å². The summed E-state index contributed by atoms with van der Waals surface area (Å²) in [6.07, 6.45) is 4.34. The number of thiazole rings is 1. The SMILES string of the molecule is Cc1cc(-c2nccs2)c2oc(N3CC4CCC(C3)N4)nc2c1. The van der Waals surface area contributed by atoms with Crippen LogP contribution in [0.25, 0.3) is 21.7 Å². The second-order valence-electron chi connectivity index (χ2n) is 6.54. The molecule has 0 aliphatic carbocycles. The average molecular weight is 326 g/mol. The molecule has 2 unspecified atom stereocenters. The third-order valence-electron chi connectivity index (χ3n) is 4.77. The van der Waals surface area contributed by atoms with Crippen molar-refractivity contribution in [2.24, 2.45) is 0 Å². The molecule has 3 aromatic rings. The molecule has 23 heavy (non-hydrogen) atoms. The molecule has 5 rings (SSSR count). The molecule has 0 radical (unpaired) electrons. The van der Waals surface area contributed by atoms with Crippen molar-refractivity contribution >= 4 is 28.5 Å². The Balaban J connectivity index is 1.60. The van der Waals surface area contributed by atoms with E-state index >= 15 is 0 Å². The molecule has 2 bridgehead atoms. The fraction of sp³-hybridized carbons (Fsp3) is 0.412. The van der Waals surface area contributed by atoms with Gasteiger partial charge in [0.05, 0.1) is 5.56 Å². The highest BCUT2D eigenvalue weighted by atomic mass is 32.1. The number of aromatic nitrogens is 2. The maximum Gasteiger partial charge on any atom is 0.298 e. The lowest BCUT2D eigenvalue weighted by Crippen LogP contribution is -2.51. The molecule has 2 saturated heterocycles. The Kier molecular flexibility index (Phi) is 2.96. The summed E-state index contributed by atoms with van der Waals surface area (Å²) in [6.45, 7) is 4.06. The van der Waals surface area contributed by atoms with Crippen LogP contribution in [0.2, 0.25) is 0 Å². The first kappa shape index (κ1) is 13.5. The third-order valence-corrected chi connectivity index (χ3v) is 5.58. The molecule has 0 spiro atoms. The van der Waals surface area contributed by atoms with E-state index < -0.39 is 0 Å². The summed E-state index contributed by atoms with van der Waals surface area (Å²) in [4.78, 5) is 11.5. The quantitative estimate of drug-likeness (QED) is 0.784. The van der Waals surface area contributed by atoms with Gasteiger partial charge in [-0.15, -0.1) is 11.3 Å². The Labute approximate surface area is 138 Å². The Bertz CT molecular complexity index is 845. The number of aryl methyl sites for hydroxylation is 1. The molecule has 6 heteroatoms. The molecule has 2 aliphatic rings. The predicted octanol–water partition coefficient (Wildman–Crippen LogP) is 3.20. The number of rotatable bonds is 2. The standard InChI is InChI=1S/C17H18N4OS/c1-10-6-13(16-18-4-5-23-16)15-14(7-10)20-17(22-15)21-8-11-2-3-12(9-21)19-11/h4-7,11-12,19H,2-3,8-9H2,1H3. The lowest BCUT2D eigenvalue weighted by Gasteiger charge is -2.31. The third kappa shape index (κ3) is 2.24. The monoisotopic (exact) mass is 326 g/mol.